The maximum Gasteiger partial charge on any atom is 0.510 e. The Morgan fingerprint density at radius 3 is 1.94 bits per heavy atom. The molecule has 6 N–H and O–H groups in total. The third kappa shape index (κ3) is 30.9. The molecule has 34 heteroatoms. The molecule has 2 aromatic carbocycles. The molecule has 0 bridgehead atoms. The van der Waals surface area contributed by atoms with E-state index in [1.807, 2.05) is 44.4 Å². The molecule has 0 saturated heterocycles. The summed E-state index contributed by atoms with van der Waals surface area (Å²) in [7, 11) is -2.00. The number of ether oxygens (including phenoxy) is 12. The summed E-state index contributed by atoms with van der Waals surface area (Å²) in [5.41, 5.74) is 7.77. The largest absolute Gasteiger partial charge is 0.510 e. The van der Waals surface area contributed by atoms with Gasteiger partial charge in [-0.2, -0.15) is 4.31 Å². The van der Waals surface area contributed by atoms with Gasteiger partial charge in [-0.1, -0.05) is 67.8 Å². The molecule has 5 amide bonds. The highest BCUT2D eigenvalue weighted by molar-refractivity contribution is 7.98. The first-order valence-electron chi connectivity index (χ1n) is 36.8. The Morgan fingerprint density at radius 2 is 1.36 bits per heavy atom. The number of nitrogens with zero attached hydrogens (tertiary/aromatic N) is 5. The van der Waals surface area contributed by atoms with Gasteiger partial charge in [0.25, 0.3) is 5.56 Å². The summed E-state index contributed by atoms with van der Waals surface area (Å²) in [6, 6.07) is 13.6. The van der Waals surface area contributed by atoms with Crippen molar-refractivity contribution in [2.75, 3.05) is 157 Å². The number of sulfonamides is 1. The van der Waals surface area contributed by atoms with E-state index >= 15 is 0 Å². The third-order valence-electron chi connectivity index (χ3n) is 17.0. The number of cyclic esters (lactones) is 1. The minimum Gasteiger partial charge on any atom is -0.457 e. The lowest BCUT2D eigenvalue weighted by atomic mass is 9.85. The van der Waals surface area contributed by atoms with Crippen LogP contribution in [0.2, 0.25) is 0 Å². The quantitative estimate of drug-likeness (QED) is 0.00975. The van der Waals surface area contributed by atoms with Gasteiger partial charge in [0, 0.05) is 99.7 Å². The van der Waals surface area contributed by atoms with Crippen molar-refractivity contribution in [2.24, 2.45) is 5.73 Å². The average molecular weight is 1580 g/mol. The number of fused-ring (bicyclic) bond motifs is 5. The predicted molar refractivity (Wildman–Crippen MR) is 408 cm³/mol. The molecule has 5 aromatic rings. The maximum absolute atomic E-state index is 14.3. The molecule has 2 aliphatic heterocycles. The van der Waals surface area contributed by atoms with Crippen LogP contribution < -0.4 is 32.6 Å². The van der Waals surface area contributed by atoms with Crippen LogP contribution in [0, 0.1) is 11.8 Å². The van der Waals surface area contributed by atoms with Gasteiger partial charge in [-0.15, -0.1) is 0 Å². The second-order valence-electron chi connectivity index (χ2n) is 25.4. The molecule has 32 nitrogen and oxygen atoms in total. The standard InChI is InChI=1S/C43H51N7O11S.C33H55N3O11S/c1-6-36(51)47-34(13-10-19-45-41(44)55)38(52)46-27-16-14-26(15-17-27)23-60-42(56)61-43(7-2)32-21-35-37-30(22-49(35)39(53)31(32)24-59-40(43)54)28(29-11-8-9-12-33(29)48-37)18-20-50(25(3)4)62(5,57)58;1-39-29-31(37)8-6-11-40-13-15-42-17-19-44-21-23-46-25-26-47-24-22-45-20-18-43-16-14-41-12-10-34-32(38)9-5-3-4-7-30-27-35-33(48-2)36-28-30/h8-9,11-12,14-17,21,25,34H,6-7,10,13,18-20,22-24H2,1-5H3,(H,46,52)(H,47,51)(H3,44,45,55);27-28H,3,5-6,8-26,29H2,1-2H3,(H,34,38)/t34-,43-;/m0./s1. The fourth-order valence-corrected chi connectivity index (χ4v) is 13.0. The fraction of sp³-hybridized carbons (Fsp3) is 0.566. The number of esters is 1. The lowest BCUT2D eigenvalue weighted by Gasteiger charge is -2.35. The first-order valence-corrected chi connectivity index (χ1v) is 39.8. The number of nitrogens with two attached hydrogens (primary N) is 1. The van der Waals surface area contributed by atoms with Crippen LogP contribution in [0.25, 0.3) is 22.3 Å². The van der Waals surface area contributed by atoms with Crippen molar-refractivity contribution in [1.29, 1.82) is 0 Å². The first-order chi connectivity index (χ1) is 53.1. The number of amides is 5. The van der Waals surface area contributed by atoms with Gasteiger partial charge in [-0.05, 0) is 94.0 Å². The number of methoxy groups -OCH3 is 1. The second kappa shape index (κ2) is 49.6. The van der Waals surface area contributed by atoms with E-state index in [9.17, 15) is 46.8 Å². The molecule has 110 heavy (non-hydrogen) atoms. The second-order valence-corrected chi connectivity index (χ2v) is 28.1. The number of primary amides is 1. The van der Waals surface area contributed by atoms with Crippen LogP contribution in [-0.4, -0.2) is 238 Å². The Bertz CT molecular complexity index is 3990. The van der Waals surface area contributed by atoms with Crippen LogP contribution in [0.3, 0.4) is 0 Å². The van der Waals surface area contributed by atoms with E-state index in [0.29, 0.717) is 185 Å². The number of carbonyl (C=O) groups is 7. The Kier molecular flexibility index (Phi) is 40.8. The van der Waals surface area contributed by atoms with Crippen LogP contribution in [0.5, 0.6) is 0 Å². The number of pyridine rings is 2. The number of benzene rings is 2. The molecule has 604 valence electrons. The number of unbranched alkanes of at least 4 members (excludes halogenated alkanes) is 1. The Balaban J connectivity index is 0.000000357. The fourth-order valence-electron chi connectivity index (χ4n) is 11.5. The minimum absolute atomic E-state index is 0.0119. The summed E-state index contributed by atoms with van der Waals surface area (Å²) in [5.74, 6) is 4.47. The first kappa shape index (κ1) is 90.3. The van der Waals surface area contributed by atoms with E-state index in [2.05, 4.69) is 43.1 Å². The van der Waals surface area contributed by atoms with Crippen LogP contribution in [0.15, 0.2) is 76.9 Å². The van der Waals surface area contributed by atoms with E-state index in [0.717, 1.165) is 27.2 Å². The third-order valence-corrected chi connectivity index (χ3v) is 19.0. The van der Waals surface area contributed by atoms with Gasteiger partial charge < -0.3 is 88.4 Å². The van der Waals surface area contributed by atoms with Gasteiger partial charge in [0.15, 0.2) is 10.9 Å². The van der Waals surface area contributed by atoms with Gasteiger partial charge in [-0.3, -0.25) is 24.0 Å². The van der Waals surface area contributed by atoms with Crippen LogP contribution in [0.1, 0.15) is 119 Å². The van der Waals surface area contributed by atoms with E-state index in [-0.39, 0.29) is 93.5 Å². The number of urea groups is 1. The molecule has 7 rings (SSSR count). The summed E-state index contributed by atoms with van der Waals surface area (Å²) in [4.78, 5) is 114. The van der Waals surface area contributed by atoms with Crippen molar-refractivity contribution < 1.29 is 98.8 Å². The molecular formula is C76H106N10O22S2. The smallest absolute Gasteiger partial charge is 0.457 e. The molecule has 0 aliphatic carbocycles. The monoisotopic (exact) mass is 1570 g/mol. The van der Waals surface area contributed by atoms with Gasteiger partial charge in [0.05, 0.1) is 140 Å². The number of carbonyl (C=O) groups excluding carboxylic acids is 7. The zero-order valence-electron chi connectivity index (χ0n) is 64.0. The molecule has 0 fully saturated rings. The van der Waals surface area contributed by atoms with E-state index in [1.54, 1.807) is 61.1 Å². The number of nitrogens with one attached hydrogen (secondary N) is 4. The van der Waals surface area contributed by atoms with Gasteiger partial charge in [0.1, 0.15) is 25.9 Å². The van der Waals surface area contributed by atoms with Crippen molar-refractivity contribution in [3.05, 3.63) is 111 Å². The highest BCUT2D eigenvalue weighted by atomic mass is 32.2. The van der Waals surface area contributed by atoms with Gasteiger partial charge in [0.2, 0.25) is 33.3 Å². The predicted octanol–water partition coefficient (Wildman–Crippen LogP) is 5.90. The number of hydrogen-bond acceptors (Lipinski definition) is 26. The van der Waals surface area contributed by atoms with Crippen molar-refractivity contribution >= 4 is 80.0 Å². The molecular weight excluding hydrogens is 1470 g/mol. The van der Waals surface area contributed by atoms with Crippen molar-refractivity contribution in [3.63, 3.8) is 0 Å². The van der Waals surface area contributed by atoms with Crippen molar-refractivity contribution in [2.45, 2.75) is 135 Å². The lowest BCUT2D eigenvalue weighted by Crippen LogP contribution is -2.47. The zero-order chi connectivity index (χ0) is 79.5. The molecule has 0 spiro atoms. The Morgan fingerprint density at radius 1 is 0.755 bits per heavy atom. The molecule has 0 unspecified atom stereocenters. The Labute approximate surface area is 646 Å². The van der Waals surface area contributed by atoms with E-state index in [4.69, 9.17) is 67.6 Å². The SMILES string of the molecule is CCC(=O)N[C@@H](CCCNC(N)=O)C(=O)Nc1ccc(COC(=O)O[C@]2(CC)C(=O)OCc3c2cc2n(c3=O)Cc3c-2nc2ccccc2c3CCN(C(C)C)S(C)(=O)=O)cc1.COCC(=O)CCCOCCOCCOCCOCCOCCOCCOCCOCCNC(=O)CCCC#Cc1cnc(SC)nc1. The average Bonchev–Trinajstić information content (AvgIpc) is 1.50. The van der Waals surface area contributed by atoms with Crippen LogP contribution in [-0.2, 0) is 123 Å². The Hall–Kier alpha value is -8.57. The number of Topliss-reactive ketones (excluding diaryl/α,β-unsaturated/α-hetero) is 1. The van der Waals surface area contributed by atoms with Crippen LogP contribution >= 0.6 is 11.8 Å². The summed E-state index contributed by atoms with van der Waals surface area (Å²) in [6.07, 6.45) is 9.29. The van der Waals surface area contributed by atoms with E-state index < -0.39 is 51.3 Å². The minimum atomic E-state index is -3.51. The molecule has 0 saturated carbocycles. The molecule has 5 heterocycles. The topological polar surface area (TPSA) is 402 Å². The summed E-state index contributed by atoms with van der Waals surface area (Å²) in [6.45, 7) is 15.2. The van der Waals surface area contributed by atoms with Crippen molar-refractivity contribution in [3.8, 4) is 23.2 Å². The number of rotatable bonds is 51. The number of para-hydroxylation sites is 1. The molecule has 3 aromatic heterocycles. The zero-order valence-corrected chi connectivity index (χ0v) is 65.6. The maximum atomic E-state index is 14.3. The van der Waals surface area contributed by atoms with Gasteiger partial charge >= 0.3 is 18.2 Å². The number of ketones is 1. The highest BCUT2D eigenvalue weighted by Crippen LogP contribution is 2.42. The van der Waals surface area contributed by atoms with E-state index in [1.165, 1.54) is 29.4 Å². The highest BCUT2D eigenvalue weighted by Gasteiger charge is 2.51. The summed E-state index contributed by atoms with van der Waals surface area (Å²) in [5, 5.41) is 12.3. The molecule has 2 aliphatic rings. The summed E-state index contributed by atoms with van der Waals surface area (Å²) < 4.78 is 93.5. The number of anilines is 1. The summed E-state index contributed by atoms with van der Waals surface area (Å²) >= 11 is 1.48. The molecule has 2 atom stereocenters. The number of aromatic nitrogens is 4. The van der Waals surface area contributed by atoms with Crippen molar-refractivity contribution in [1.82, 2.24) is 39.8 Å². The number of thioether (sulfide) groups is 1. The normalized spacial score (nSPS) is 13.7. The number of hydrogen-bond donors (Lipinski definition) is 5. The molecule has 0 radical (unpaired) electrons. The van der Waals surface area contributed by atoms with Crippen LogP contribution in [0.4, 0.5) is 15.3 Å². The van der Waals surface area contributed by atoms with Gasteiger partial charge in [-0.25, -0.2) is 37.8 Å². The lowest BCUT2D eigenvalue weighted by molar-refractivity contribution is -0.175.